The molecule has 1 heterocycles. The van der Waals surface area contributed by atoms with E-state index in [-0.39, 0.29) is 5.75 Å². The van der Waals surface area contributed by atoms with Crippen molar-refractivity contribution in [1.29, 1.82) is 0 Å². The van der Waals surface area contributed by atoms with Crippen LogP contribution in [0.4, 0.5) is 5.69 Å². The van der Waals surface area contributed by atoms with Crippen LogP contribution in [0.15, 0.2) is 67.0 Å². The Hall–Kier alpha value is -2.92. The SMILES string of the molecule is C[C@@H](CNc1cnc(-c2ccc(O)cc2)nc1)NCCc1ccccc1. The van der Waals surface area contributed by atoms with Crippen molar-refractivity contribution in [3.8, 4) is 17.1 Å². The highest BCUT2D eigenvalue weighted by molar-refractivity contribution is 5.57. The van der Waals surface area contributed by atoms with Crippen LogP contribution in [0.25, 0.3) is 11.4 Å². The summed E-state index contributed by atoms with van der Waals surface area (Å²) in [5.74, 6) is 0.880. The molecule has 0 saturated carbocycles. The molecule has 0 aliphatic carbocycles. The maximum absolute atomic E-state index is 9.34. The number of phenols is 1. The van der Waals surface area contributed by atoms with Gasteiger partial charge in [0.05, 0.1) is 18.1 Å². The number of nitrogens with zero attached hydrogens (tertiary/aromatic N) is 2. The van der Waals surface area contributed by atoms with Crippen LogP contribution in [0.2, 0.25) is 0 Å². The molecule has 3 N–H and O–H groups in total. The molecular weight excluding hydrogens is 324 g/mol. The molecule has 0 aliphatic heterocycles. The summed E-state index contributed by atoms with van der Waals surface area (Å²) in [6.07, 6.45) is 4.59. The number of phenolic OH excluding ortho intramolecular Hbond substituents is 1. The number of hydrogen-bond acceptors (Lipinski definition) is 5. The van der Waals surface area contributed by atoms with Crippen LogP contribution >= 0.6 is 0 Å². The number of hydrogen-bond donors (Lipinski definition) is 3. The first-order chi connectivity index (χ1) is 12.7. The molecule has 0 aliphatic rings. The standard InChI is InChI=1S/C21H24N4O/c1-16(22-12-11-17-5-3-2-4-6-17)13-23-19-14-24-21(25-15-19)18-7-9-20(26)10-8-18/h2-10,14-16,22-23,26H,11-13H2,1H3/t16-/m0/s1. The smallest absolute Gasteiger partial charge is 0.159 e. The lowest BCUT2D eigenvalue weighted by Crippen LogP contribution is -2.34. The number of benzene rings is 2. The Kier molecular flexibility index (Phi) is 6.17. The Bertz CT molecular complexity index is 789. The van der Waals surface area contributed by atoms with Gasteiger partial charge < -0.3 is 15.7 Å². The third kappa shape index (κ3) is 5.29. The molecule has 5 heteroatoms. The fourth-order valence-corrected chi connectivity index (χ4v) is 2.63. The quantitative estimate of drug-likeness (QED) is 0.581. The van der Waals surface area contributed by atoms with Crippen LogP contribution in [0, 0.1) is 0 Å². The van der Waals surface area contributed by atoms with E-state index in [9.17, 15) is 5.11 Å². The van der Waals surface area contributed by atoms with Crippen LogP contribution in [-0.2, 0) is 6.42 Å². The largest absolute Gasteiger partial charge is 0.508 e. The first-order valence-corrected chi connectivity index (χ1v) is 8.83. The van der Waals surface area contributed by atoms with Crippen molar-refractivity contribution in [3.05, 3.63) is 72.6 Å². The molecule has 0 unspecified atom stereocenters. The Labute approximate surface area is 154 Å². The summed E-state index contributed by atoms with van der Waals surface area (Å²) in [6, 6.07) is 17.7. The van der Waals surface area contributed by atoms with Gasteiger partial charge >= 0.3 is 0 Å². The summed E-state index contributed by atoms with van der Waals surface area (Å²) >= 11 is 0. The number of rotatable bonds is 8. The fraction of sp³-hybridized carbons (Fsp3) is 0.238. The summed E-state index contributed by atoms with van der Waals surface area (Å²) in [5.41, 5.74) is 3.12. The molecule has 0 fully saturated rings. The van der Waals surface area contributed by atoms with Gasteiger partial charge in [0.1, 0.15) is 5.75 Å². The van der Waals surface area contributed by atoms with Gasteiger partial charge in [-0.05, 0) is 49.7 Å². The number of aromatic hydroxyl groups is 1. The lowest BCUT2D eigenvalue weighted by Gasteiger charge is -2.15. The molecule has 1 atom stereocenters. The molecule has 1 aromatic heterocycles. The van der Waals surface area contributed by atoms with Gasteiger partial charge in [0.2, 0.25) is 0 Å². The maximum Gasteiger partial charge on any atom is 0.159 e. The van der Waals surface area contributed by atoms with E-state index >= 15 is 0 Å². The van der Waals surface area contributed by atoms with Gasteiger partial charge in [0.15, 0.2) is 5.82 Å². The van der Waals surface area contributed by atoms with Crippen molar-refractivity contribution in [2.45, 2.75) is 19.4 Å². The monoisotopic (exact) mass is 348 g/mol. The van der Waals surface area contributed by atoms with Gasteiger partial charge in [0, 0.05) is 18.2 Å². The van der Waals surface area contributed by atoms with Crippen LogP contribution in [0.1, 0.15) is 12.5 Å². The molecule has 26 heavy (non-hydrogen) atoms. The van der Waals surface area contributed by atoms with Crippen molar-refractivity contribution in [1.82, 2.24) is 15.3 Å². The fourth-order valence-electron chi connectivity index (χ4n) is 2.63. The van der Waals surface area contributed by atoms with Crippen molar-refractivity contribution in [2.75, 3.05) is 18.4 Å². The van der Waals surface area contributed by atoms with Crippen LogP contribution < -0.4 is 10.6 Å². The van der Waals surface area contributed by atoms with E-state index < -0.39 is 0 Å². The van der Waals surface area contributed by atoms with Crippen LogP contribution in [0.5, 0.6) is 5.75 Å². The molecular formula is C21H24N4O. The predicted molar refractivity (Wildman–Crippen MR) is 105 cm³/mol. The van der Waals surface area contributed by atoms with E-state index in [4.69, 9.17) is 0 Å². The van der Waals surface area contributed by atoms with E-state index in [1.165, 1.54) is 5.56 Å². The first kappa shape index (κ1) is 17.9. The maximum atomic E-state index is 9.34. The molecule has 0 radical (unpaired) electrons. The van der Waals surface area contributed by atoms with Gasteiger partial charge in [-0.15, -0.1) is 0 Å². The summed E-state index contributed by atoms with van der Waals surface area (Å²) in [4.78, 5) is 8.77. The van der Waals surface area contributed by atoms with Crippen molar-refractivity contribution >= 4 is 5.69 Å². The lowest BCUT2D eigenvalue weighted by atomic mass is 10.1. The molecule has 134 valence electrons. The summed E-state index contributed by atoms with van der Waals surface area (Å²) in [7, 11) is 0. The molecule has 2 aromatic carbocycles. The van der Waals surface area contributed by atoms with Crippen LogP contribution in [0.3, 0.4) is 0 Å². The van der Waals surface area contributed by atoms with E-state index in [2.05, 4.69) is 51.8 Å². The second kappa shape index (κ2) is 8.97. The van der Waals surface area contributed by atoms with Gasteiger partial charge in [0.25, 0.3) is 0 Å². The van der Waals surface area contributed by atoms with Gasteiger partial charge in [-0.3, -0.25) is 0 Å². The van der Waals surface area contributed by atoms with Crippen molar-refractivity contribution in [3.63, 3.8) is 0 Å². The second-order valence-corrected chi connectivity index (χ2v) is 6.31. The molecule has 5 nitrogen and oxygen atoms in total. The number of anilines is 1. The average Bonchev–Trinajstić information content (AvgIpc) is 2.68. The Balaban J connectivity index is 1.43. The normalized spacial score (nSPS) is 11.9. The van der Waals surface area contributed by atoms with Gasteiger partial charge in [-0.1, -0.05) is 30.3 Å². The minimum absolute atomic E-state index is 0.237. The predicted octanol–water partition coefficient (Wildman–Crippen LogP) is 3.48. The van der Waals surface area contributed by atoms with E-state index in [0.29, 0.717) is 11.9 Å². The van der Waals surface area contributed by atoms with E-state index in [1.54, 1.807) is 36.7 Å². The third-order valence-corrected chi connectivity index (χ3v) is 4.14. The molecule has 0 bridgehead atoms. The zero-order chi connectivity index (χ0) is 18.2. The minimum Gasteiger partial charge on any atom is -0.508 e. The number of aromatic nitrogens is 2. The second-order valence-electron chi connectivity index (χ2n) is 6.31. The highest BCUT2D eigenvalue weighted by Gasteiger charge is 2.04. The average molecular weight is 348 g/mol. The Morgan fingerprint density at radius 2 is 1.65 bits per heavy atom. The topological polar surface area (TPSA) is 70.1 Å². The first-order valence-electron chi connectivity index (χ1n) is 8.83. The van der Waals surface area contributed by atoms with Gasteiger partial charge in [-0.2, -0.15) is 0 Å². The molecule has 3 rings (SSSR count). The molecule has 0 saturated heterocycles. The van der Waals surface area contributed by atoms with E-state index in [1.807, 2.05) is 6.07 Å². The Morgan fingerprint density at radius 3 is 2.35 bits per heavy atom. The number of nitrogens with one attached hydrogen (secondary N) is 2. The zero-order valence-corrected chi connectivity index (χ0v) is 14.9. The summed E-state index contributed by atoms with van der Waals surface area (Å²) in [6.45, 7) is 3.91. The highest BCUT2D eigenvalue weighted by Crippen LogP contribution is 2.18. The third-order valence-electron chi connectivity index (χ3n) is 4.14. The molecule has 0 amide bonds. The van der Waals surface area contributed by atoms with E-state index in [0.717, 1.165) is 30.8 Å². The minimum atomic E-state index is 0.237. The van der Waals surface area contributed by atoms with Gasteiger partial charge in [-0.25, -0.2) is 9.97 Å². The zero-order valence-electron chi connectivity index (χ0n) is 14.9. The van der Waals surface area contributed by atoms with Crippen molar-refractivity contribution in [2.24, 2.45) is 0 Å². The van der Waals surface area contributed by atoms with Crippen LogP contribution in [-0.4, -0.2) is 34.2 Å². The summed E-state index contributed by atoms with van der Waals surface area (Å²) < 4.78 is 0. The Morgan fingerprint density at radius 1 is 0.962 bits per heavy atom. The van der Waals surface area contributed by atoms with Crippen molar-refractivity contribution < 1.29 is 5.11 Å². The summed E-state index contributed by atoms with van der Waals surface area (Å²) in [5, 5.41) is 16.2. The highest BCUT2D eigenvalue weighted by atomic mass is 16.3. The lowest BCUT2D eigenvalue weighted by molar-refractivity contribution is 0.475. The molecule has 0 spiro atoms. The molecule has 3 aromatic rings.